The van der Waals surface area contributed by atoms with Crippen LogP contribution in [0.25, 0.3) is 0 Å². The number of halogens is 2. The van der Waals surface area contributed by atoms with Crippen LogP contribution in [-0.4, -0.2) is 34.0 Å². The lowest BCUT2D eigenvalue weighted by Crippen LogP contribution is -2.47. The van der Waals surface area contributed by atoms with Crippen LogP contribution in [0, 0.1) is 16.0 Å². The fourth-order valence-corrected chi connectivity index (χ4v) is 4.54. The molecule has 0 saturated heterocycles. The molecule has 0 spiro atoms. The van der Waals surface area contributed by atoms with Crippen molar-refractivity contribution in [3.05, 3.63) is 46.0 Å². The molecular formula is C16H16Br2N2O5S. The van der Waals surface area contributed by atoms with Gasteiger partial charge in [0.2, 0.25) is 0 Å². The van der Waals surface area contributed by atoms with E-state index in [9.17, 15) is 23.3 Å². The number of allylic oxidation sites excluding steroid dienone is 2. The van der Waals surface area contributed by atoms with Crippen molar-refractivity contribution in [3.63, 3.8) is 0 Å². The maximum Gasteiger partial charge on any atom is 0.282 e. The molecule has 2 unspecified atom stereocenters. The number of alkyl halides is 2. The Morgan fingerprint density at radius 1 is 1.35 bits per heavy atom. The first-order valence-electron chi connectivity index (χ1n) is 7.56. The summed E-state index contributed by atoms with van der Waals surface area (Å²) >= 11 is 6.71. The molecule has 140 valence electrons. The first-order valence-corrected chi connectivity index (χ1v) is 10.7. The van der Waals surface area contributed by atoms with Gasteiger partial charge in [-0.3, -0.25) is 14.9 Å². The summed E-state index contributed by atoms with van der Waals surface area (Å²) < 4.78 is 28.2. The third-order valence-corrected chi connectivity index (χ3v) is 8.05. The summed E-state index contributed by atoms with van der Waals surface area (Å²) in [7, 11) is -4.20. The minimum atomic E-state index is -4.20. The Balaban J connectivity index is 2.63. The normalized spacial score (nSPS) is 25.5. The van der Waals surface area contributed by atoms with Gasteiger partial charge in [-0.05, 0) is 25.0 Å². The molecule has 7 nitrogen and oxygen atoms in total. The van der Waals surface area contributed by atoms with Crippen molar-refractivity contribution in [1.29, 1.82) is 0 Å². The number of ketones is 1. The average molecular weight is 508 g/mol. The van der Waals surface area contributed by atoms with E-state index in [2.05, 4.69) is 36.3 Å². The van der Waals surface area contributed by atoms with E-state index >= 15 is 0 Å². The molecule has 0 amide bonds. The number of non-ortho nitro benzene ring substituents is 1. The number of carbonyl (C=O) groups excluding carboxylic acids is 1. The topological polar surface area (TPSA) is 107 Å². The van der Waals surface area contributed by atoms with Crippen LogP contribution < -0.4 is 0 Å². The summed E-state index contributed by atoms with van der Waals surface area (Å²) in [6.07, 6.45) is 1.47. The van der Waals surface area contributed by atoms with Crippen molar-refractivity contribution in [3.8, 4) is 0 Å². The molecule has 0 bridgehead atoms. The van der Waals surface area contributed by atoms with Gasteiger partial charge in [-0.15, -0.1) is 0 Å². The number of nitrogens with zero attached hydrogens (tertiary/aromatic N) is 2. The van der Waals surface area contributed by atoms with E-state index in [1.54, 1.807) is 6.92 Å². The van der Waals surface area contributed by atoms with Crippen molar-refractivity contribution in [2.45, 2.75) is 34.8 Å². The van der Waals surface area contributed by atoms with Gasteiger partial charge < -0.3 is 0 Å². The fraction of sp³-hybridized carbons (Fsp3) is 0.375. The molecule has 0 aliphatic heterocycles. The lowest BCUT2D eigenvalue weighted by molar-refractivity contribution is -0.385. The van der Waals surface area contributed by atoms with Crippen LogP contribution in [-0.2, 0) is 14.8 Å². The third kappa shape index (κ3) is 3.96. The second kappa shape index (κ2) is 7.32. The SMILES string of the molecule is CC(C)C1=CC(=NS(=O)(=O)c2cccc([N+](=O)[O-])c2)C(C)(Br)C(Br)C1=O. The first kappa shape index (κ1) is 20.9. The summed E-state index contributed by atoms with van der Waals surface area (Å²) in [4.78, 5) is 21.7. The molecule has 1 aromatic rings. The molecule has 0 aromatic heterocycles. The van der Waals surface area contributed by atoms with E-state index in [-0.39, 0.29) is 28.0 Å². The first-order chi connectivity index (χ1) is 11.9. The number of rotatable bonds is 4. The zero-order valence-electron chi connectivity index (χ0n) is 14.1. The van der Waals surface area contributed by atoms with E-state index in [1.165, 1.54) is 24.3 Å². The third-order valence-electron chi connectivity index (χ3n) is 3.95. The van der Waals surface area contributed by atoms with Crippen LogP contribution in [0.15, 0.2) is 45.2 Å². The fourth-order valence-electron chi connectivity index (χ4n) is 2.39. The van der Waals surface area contributed by atoms with Gasteiger partial charge >= 0.3 is 0 Å². The predicted octanol–water partition coefficient (Wildman–Crippen LogP) is 3.81. The summed E-state index contributed by atoms with van der Waals surface area (Å²) in [6.45, 7) is 5.29. The summed E-state index contributed by atoms with van der Waals surface area (Å²) in [5.41, 5.74) is 0.259. The Bertz CT molecular complexity index is 936. The highest BCUT2D eigenvalue weighted by molar-refractivity contribution is 9.13. The summed E-state index contributed by atoms with van der Waals surface area (Å²) in [6, 6.07) is 4.68. The Hall–Kier alpha value is -1.39. The molecule has 0 N–H and O–H groups in total. The van der Waals surface area contributed by atoms with Crippen molar-refractivity contribution in [2.24, 2.45) is 10.3 Å². The number of benzene rings is 1. The lowest BCUT2D eigenvalue weighted by atomic mass is 9.83. The second-order valence-electron chi connectivity index (χ2n) is 6.26. The van der Waals surface area contributed by atoms with Crippen molar-refractivity contribution in [1.82, 2.24) is 0 Å². The molecule has 0 fully saturated rings. The number of nitro benzene ring substituents is 1. The van der Waals surface area contributed by atoms with Crippen molar-refractivity contribution in [2.75, 3.05) is 0 Å². The minimum Gasteiger partial charge on any atom is -0.293 e. The van der Waals surface area contributed by atoms with Gasteiger partial charge in [0.25, 0.3) is 15.7 Å². The van der Waals surface area contributed by atoms with Gasteiger partial charge in [0.1, 0.15) is 0 Å². The van der Waals surface area contributed by atoms with Gasteiger partial charge in [-0.25, -0.2) is 0 Å². The Morgan fingerprint density at radius 2 is 1.96 bits per heavy atom. The maximum absolute atomic E-state index is 12.7. The number of sulfonamides is 1. The van der Waals surface area contributed by atoms with Crippen LogP contribution in [0.1, 0.15) is 20.8 Å². The Labute approximate surface area is 168 Å². The van der Waals surface area contributed by atoms with E-state index in [0.29, 0.717) is 5.57 Å². The van der Waals surface area contributed by atoms with Crippen molar-refractivity contribution >= 4 is 59.1 Å². The summed E-state index contributed by atoms with van der Waals surface area (Å²) in [5, 5.41) is 10.9. The van der Waals surface area contributed by atoms with E-state index in [1.807, 2.05) is 13.8 Å². The lowest BCUT2D eigenvalue weighted by Gasteiger charge is -2.33. The standard InChI is InChI=1S/C16H16Br2N2O5S/c1-9(2)12-8-13(16(3,18)15(17)14(12)21)19-26(24,25)11-6-4-5-10(7-11)20(22)23/h4-9,15H,1-3H3. The zero-order valence-corrected chi connectivity index (χ0v) is 18.1. The number of hydrogen-bond donors (Lipinski definition) is 0. The summed E-state index contributed by atoms with van der Waals surface area (Å²) in [5.74, 6) is -0.261. The molecule has 2 rings (SSSR count). The highest BCUT2D eigenvalue weighted by Gasteiger charge is 2.45. The van der Waals surface area contributed by atoms with E-state index in [0.717, 1.165) is 6.07 Å². The van der Waals surface area contributed by atoms with Crippen LogP contribution in [0.5, 0.6) is 0 Å². The largest absolute Gasteiger partial charge is 0.293 e. The highest BCUT2D eigenvalue weighted by Crippen LogP contribution is 2.38. The molecule has 0 radical (unpaired) electrons. The van der Waals surface area contributed by atoms with Gasteiger partial charge in [-0.1, -0.05) is 51.8 Å². The van der Waals surface area contributed by atoms with Crippen LogP contribution in [0.3, 0.4) is 0 Å². The molecule has 1 aliphatic rings. The molecule has 2 atom stereocenters. The molecule has 1 aliphatic carbocycles. The van der Waals surface area contributed by atoms with Crippen LogP contribution in [0.2, 0.25) is 0 Å². The quantitative estimate of drug-likeness (QED) is 0.350. The molecule has 0 saturated carbocycles. The second-order valence-corrected chi connectivity index (χ2v) is 10.4. The number of carbonyl (C=O) groups is 1. The number of hydrogen-bond acceptors (Lipinski definition) is 5. The van der Waals surface area contributed by atoms with E-state index in [4.69, 9.17) is 0 Å². The van der Waals surface area contributed by atoms with Gasteiger partial charge in [0, 0.05) is 17.7 Å². The van der Waals surface area contributed by atoms with Gasteiger partial charge in [0.15, 0.2) is 5.78 Å². The molecule has 10 heteroatoms. The van der Waals surface area contributed by atoms with Gasteiger partial charge in [-0.2, -0.15) is 12.8 Å². The average Bonchev–Trinajstić information content (AvgIpc) is 2.55. The smallest absolute Gasteiger partial charge is 0.282 e. The minimum absolute atomic E-state index is 0.114. The molecule has 1 aromatic carbocycles. The molecular weight excluding hydrogens is 492 g/mol. The predicted molar refractivity (Wildman–Crippen MR) is 106 cm³/mol. The number of nitro groups is 1. The molecule has 0 heterocycles. The highest BCUT2D eigenvalue weighted by atomic mass is 79.9. The van der Waals surface area contributed by atoms with E-state index < -0.39 is 24.1 Å². The maximum atomic E-state index is 12.7. The molecule has 26 heavy (non-hydrogen) atoms. The van der Waals surface area contributed by atoms with Crippen molar-refractivity contribution < 1.29 is 18.1 Å². The number of Topliss-reactive ketones (excluding diaryl/α,β-unsaturated/α-hetero) is 1. The van der Waals surface area contributed by atoms with Gasteiger partial charge in [0.05, 0.1) is 24.7 Å². The zero-order chi connectivity index (χ0) is 19.9. The monoisotopic (exact) mass is 506 g/mol. The Morgan fingerprint density at radius 3 is 2.50 bits per heavy atom. The Kier molecular flexibility index (Phi) is 5.89. The van der Waals surface area contributed by atoms with Crippen LogP contribution >= 0.6 is 31.9 Å². The van der Waals surface area contributed by atoms with Crippen LogP contribution in [0.4, 0.5) is 5.69 Å².